The second-order valence-electron chi connectivity index (χ2n) is 7.11. The molecule has 0 saturated carbocycles. The summed E-state index contributed by atoms with van der Waals surface area (Å²) in [4.78, 5) is 14.0. The van der Waals surface area contributed by atoms with E-state index in [-0.39, 0.29) is 6.09 Å². The Morgan fingerprint density at radius 3 is 2.62 bits per heavy atom. The highest BCUT2D eigenvalue weighted by Gasteiger charge is 2.24. The zero-order valence-corrected chi connectivity index (χ0v) is 14.4. The molecule has 0 bridgehead atoms. The largest absolute Gasteiger partial charge is 0.444 e. The van der Waals surface area contributed by atoms with Crippen LogP contribution in [0.2, 0.25) is 0 Å². The molecule has 1 fully saturated rings. The van der Waals surface area contributed by atoms with Gasteiger partial charge in [0.1, 0.15) is 5.60 Å². The van der Waals surface area contributed by atoms with Crippen molar-refractivity contribution in [2.45, 2.75) is 84.3 Å². The van der Waals surface area contributed by atoms with E-state index in [0.717, 1.165) is 38.9 Å². The van der Waals surface area contributed by atoms with Crippen molar-refractivity contribution in [3.63, 3.8) is 0 Å². The summed E-state index contributed by atoms with van der Waals surface area (Å²) >= 11 is 0. The molecule has 1 unspecified atom stereocenters. The summed E-state index contributed by atoms with van der Waals surface area (Å²) in [6, 6.07) is 0.555. The minimum atomic E-state index is -0.402. The van der Waals surface area contributed by atoms with Gasteiger partial charge in [0, 0.05) is 19.1 Å². The Bertz CT molecular complexity index is 300. The molecule has 0 aromatic carbocycles. The minimum Gasteiger partial charge on any atom is -0.444 e. The smallest absolute Gasteiger partial charge is 0.410 e. The highest BCUT2D eigenvalue weighted by Crippen LogP contribution is 2.15. The van der Waals surface area contributed by atoms with E-state index < -0.39 is 5.60 Å². The fraction of sp³-hybridized carbons (Fsp3) is 0.941. The summed E-state index contributed by atoms with van der Waals surface area (Å²) in [7, 11) is 0. The predicted octanol–water partition coefficient (Wildman–Crippen LogP) is 3.95. The van der Waals surface area contributed by atoms with Crippen LogP contribution < -0.4 is 5.32 Å². The van der Waals surface area contributed by atoms with Crippen LogP contribution in [-0.2, 0) is 4.74 Å². The van der Waals surface area contributed by atoms with Crippen LogP contribution >= 0.6 is 0 Å². The van der Waals surface area contributed by atoms with Gasteiger partial charge in [-0.2, -0.15) is 0 Å². The number of hydrogen-bond acceptors (Lipinski definition) is 3. The van der Waals surface area contributed by atoms with Crippen molar-refractivity contribution in [2.24, 2.45) is 0 Å². The molecule has 1 N–H and O–H groups in total. The molecule has 0 aromatic heterocycles. The van der Waals surface area contributed by atoms with Crippen LogP contribution in [0.3, 0.4) is 0 Å². The number of unbranched alkanes of at least 4 members (excludes halogenated alkanes) is 3. The fourth-order valence-electron chi connectivity index (χ4n) is 2.67. The summed E-state index contributed by atoms with van der Waals surface area (Å²) in [5, 5.41) is 3.65. The first-order valence-electron chi connectivity index (χ1n) is 8.63. The number of carbonyl (C=O) groups is 1. The monoisotopic (exact) mass is 298 g/mol. The van der Waals surface area contributed by atoms with Crippen LogP contribution in [0.25, 0.3) is 0 Å². The van der Waals surface area contributed by atoms with Crippen molar-refractivity contribution in [1.82, 2.24) is 10.2 Å². The van der Waals surface area contributed by atoms with Crippen molar-refractivity contribution in [2.75, 3.05) is 19.6 Å². The van der Waals surface area contributed by atoms with E-state index >= 15 is 0 Å². The normalized spacial score (nSPS) is 20.2. The Labute approximate surface area is 130 Å². The van der Waals surface area contributed by atoms with Gasteiger partial charge in [-0.25, -0.2) is 4.79 Å². The SMILES string of the molecule is CCCCCCNC1CCCN(C(=O)OC(C)(C)C)CC1. The predicted molar refractivity (Wildman–Crippen MR) is 87.6 cm³/mol. The van der Waals surface area contributed by atoms with Gasteiger partial charge in [-0.3, -0.25) is 0 Å². The number of carbonyl (C=O) groups excluding carboxylic acids is 1. The molecule has 0 spiro atoms. The highest BCUT2D eigenvalue weighted by molar-refractivity contribution is 5.68. The first kappa shape index (κ1) is 18.3. The van der Waals surface area contributed by atoms with Gasteiger partial charge >= 0.3 is 6.09 Å². The van der Waals surface area contributed by atoms with Crippen molar-refractivity contribution in [3.8, 4) is 0 Å². The van der Waals surface area contributed by atoms with Gasteiger partial charge in [0.25, 0.3) is 0 Å². The number of hydrogen-bond donors (Lipinski definition) is 1. The lowest BCUT2D eigenvalue weighted by Gasteiger charge is -2.26. The van der Waals surface area contributed by atoms with E-state index in [1.165, 1.54) is 25.7 Å². The summed E-state index contributed by atoms with van der Waals surface area (Å²) in [5.41, 5.74) is -0.402. The van der Waals surface area contributed by atoms with E-state index in [4.69, 9.17) is 4.74 Å². The fourth-order valence-corrected chi connectivity index (χ4v) is 2.67. The van der Waals surface area contributed by atoms with E-state index in [2.05, 4.69) is 12.2 Å². The summed E-state index contributed by atoms with van der Waals surface area (Å²) in [5.74, 6) is 0. The molecule has 1 aliphatic heterocycles. The van der Waals surface area contributed by atoms with Crippen LogP contribution in [0.4, 0.5) is 4.79 Å². The molecule has 4 nitrogen and oxygen atoms in total. The Hall–Kier alpha value is -0.770. The maximum atomic E-state index is 12.1. The van der Waals surface area contributed by atoms with E-state index in [1.807, 2.05) is 25.7 Å². The third kappa shape index (κ3) is 8.30. The molecule has 1 aliphatic rings. The first-order chi connectivity index (χ1) is 9.92. The Kier molecular flexibility index (Phi) is 8.09. The average Bonchev–Trinajstić information content (AvgIpc) is 2.62. The number of ether oxygens (including phenoxy) is 1. The molecule has 21 heavy (non-hydrogen) atoms. The van der Waals surface area contributed by atoms with Gasteiger partial charge in [0.2, 0.25) is 0 Å². The number of likely N-dealkylation sites (tertiary alicyclic amines) is 1. The standard InChI is InChI=1S/C17H34N2O2/c1-5-6-7-8-12-18-15-10-9-13-19(14-11-15)16(20)21-17(2,3)4/h15,18H,5-14H2,1-4H3. The zero-order chi connectivity index (χ0) is 15.7. The van der Waals surface area contributed by atoms with E-state index in [9.17, 15) is 4.79 Å². The molecule has 1 heterocycles. The molecule has 124 valence electrons. The van der Waals surface area contributed by atoms with Crippen LogP contribution in [0, 0.1) is 0 Å². The number of nitrogens with one attached hydrogen (secondary N) is 1. The van der Waals surface area contributed by atoms with E-state index in [1.54, 1.807) is 0 Å². The third-order valence-electron chi connectivity index (χ3n) is 3.84. The molecule has 0 radical (unpaired) electrons. The topological polar surface area (TPSA) is 41.6 Å². The Balaban J connectivity index is 2.25. The molecule has 1 rings (SSSR count). The molecule has 0 aromatic rings. The Morgan fingerprint density at radius 1 is 1.19 bits per heavy atom. The molecular weight excluding hydrogens is 264 g/mol. The second kappa shape index (κ2) is 9.29. The molecular formula is C17H34N2O2. The molecule has 1 saturated heterocycles. The second-order valence-corrected chi connectivity index (χ2v) is 7.11. The molecule has 1 amide bonds. The first-order valence-corrected chi connectivity index (χ1v) is 8.63. The van der Waals surface area contributed by atoms with Gasteiger partial charge < -0.3 is 15.0 Å². The van der Waals surface area contributed by atoms with E-state index in [0.29, 0.717) is 6.04 Å². The third-order valence-corrected chi connectivity index (χ3v) is 3.84. The van der Waals surface area contributed by atoms with Crippen LogP contribution in [0.15, 0.2) is 0 Å². The van der Waals surface area contributed by atoms with Gasteiger partial charge in [-0.15, -0.1) is 0 Å². The number of rotatable bonds is 6. The van der Waals surface area contributed by atoms with Gasteiger partial charge in [0.05, 0.1) is 0 Å². The lowest BCUT2D eigenvalue weighted by Crippen LogP contribution is -2.38. The zero-order valence-electron chi connectivity index (χ0n) is 14.4. The van der Waals surface area contributed by atoms with Crippen LogP contribution in [-0.4, -0.2) is 42.3 Å². The van der Waals surface area contributed by atoms with Crippen LogP contribution in [0.1, 0.15) is 72.6 Å². The average molecular weight is 298 g/mol. The van der Waals surface area contributed by atoms with Crippen LogP contribution in [0.5, 0.6) is 0 Å². The minimum absolute atomic E-state index is 0.161. The number of nitrogens with zero attached hydrogens (tertiary/aromatic N) is 1. The number of amides is 1. The van der Waals surface area contributed by atoms with Gasteiger partial charge in [-0.05, 0) is 53.0 Å². The Morgan fingerprint density at radius 2 is 1.95 bits per heavy atom. The summed E-state index contributed by atoms with van der Waals surface area (Å²) < 4.78 is 5.46. The van der Waals surface area contributed by atoms with Crippen molar-refractivity contribution in [1.29, 1.82) is 0 Å². The summed E-state index contributed by atoms with van der Waals surface area (Å²) in [6.45, 7) is 10.7. The van der Waals surface area contributed by atoms with Crippen molar-refractivity contribution >= 4 is 6.09 Å². The summed E-state index contributed by atoms with van der Waals surface area (Å²) in [6.07, 6.45) is 8.30. The molecule has 0 aliphatic carbocycles. The van der Waals surface area contributed by atoms with Crippen molar-refractivity contribution in [3.05, 3.63) is 0 Å². The molecule has 4 heteroatoms. The highest BCUT2D eigenvalue weighted by atomic mass is 16.6. The van der Waals surface area contributed by atoms with Crippen molar-refractivity contribution < 1.29 is 9.53 Å². The van der Waals surface area contributed by atoms with Gasteiger partial charge in [-0.1, -0.05) is 26.2 Å². The lowest BCUT2D eigenvalue weighted by atomic mass is 10.1. The molecule has 1 atom stereocenters. The van der Waals surface area contributed by atoms with Gasteiger partial charge in [0.15, 0.2) is 0 Å². The lowest BCUT2D eigenvalue weighted by molar-refractivity contribution is 0.0256. The maximum Gasteiger partial charge on any atom is 0.410 e. The maximum absolute atomic E-state index is 12.1. The quantitative estimate of drug-likeness (QED) is 0.755.